The van der Waals surface area contributed by atoms with Crippen LogP contribution in [0.25, 0.3) is 0 Å². The zero-order valence-electron chi connectivity index (χ0n) is 8.84. The standard InChI is InChI=1S/C10H13N3O3/c1-2-9(10(11)12)16-8-5-3-7(4-6-8)13(14)15/h3-6,9H,2H2,1H3,(H3,11,12). The molecule has 1 atom stereocenters. The number of nitro groups is 1. The Bertz CT molecular complexity index is 389. The van der Waals surface area contributed by atoms with Crippen LogP contribution in [-0.4, -0.2) is 16.9 Å². The number of nitrogens with two attached hydrogens (primary N) is 1. The molecule has 0 spiro atoms. The van der Waals surface area contributed by atoms with Gasteiger partial charge in [0.1, 0.15) is 11.6 Å². The number of amidine groups is 1. The maximum Gasteiger partial charge on any atom is 0.269 e. The van der Waals surface area contributed by atoms with Gasteiger partial charge in [0.2, 0.25) is 0 Å². The van der Waals surface area contributed by atoms with Crippen LogP contribution in [0.15, 0.2) is 24.3 Å². The monoisotopic (exact) mass is 223 g/mol. The molecule has 3 N–H and O–H groups in total. The molecule has 6 nitrogen and oxygen atoms in total. The minimum Gasteiger partial charge on any atom is -0.483 e. The maximum absolute atomic E-state index is 10.4. The van der Waals surface area contributed by atoms with Crippen molar-refractivity contribution in [3.8, 4) is 5.75 Å². The van der Waals surface area contributed by atoms with Crippen molar-refractivity contribution in [2.24, 2.45) is 5.73 Å². The molecule has 0 amide bonds. The smallest absolute Gasteiger partial charge is 0.269 e. The molecule has 6 heteroatoms. The summed E-state index contributed by atoms with van der Waals surface area (Å²) in [6.45, 7) is 1.84. The van der Waals surface area contributed by atoms with Crippen molar-refractivity contribution in [3.63, 3.8) is 0 Å². The van der Waals surface area contributed by atoms with Gasteiger partial charge < -0.3 is 10.5 Å². The van der Waals surface area contributed by atoms with E-state index in [1.54, 1.807) is 0 Å². The molecule has 0 aromatic heterocycles. The molecular weight excluding hydrogens is 210 g/mol. The highest BCUT2D eigenvalue weighted by Crippen LogP contribution is 2.18. The molecular formula is C10H13N3O3. The van der Waals surface area contributed by atoms with E-state index in [9.17, 15) is 10.1 Å². The van der Waals surface area contributed by atoms with E-state index >= 15 is 0 Å². The van der Waals surface area contributed by atoms with Crippen LogP contribution >= 0.6 is 0 Å². The lowest BCUT2D eigenvalue weighted by Gasteiger charge is -2.15. The van der Waals surface area contributed by atoms with E-state index in [2.05, 4.69) is 0 Å². The Morgan fingerprint density at radius 1 is 1.56 bits per heavy atom. The minimum atomic E-state index is -0.485. The molecule has 0 saturated carbocycles. The second-order valence-corrected chi connectivity index (χ2v) is 3.22. The summed E-state index contributed by atoms with van der Waals surface area (Å²) in [5, 5.41) is 17.7. The van der Waals surface area contributed by atoms with Crippen molar-refractivity contribution in [1.82, 2.24) is 0 Å². The number of non-ortho nitro benzene ring substituents is 1. The lowest BCUT2D eigenvalue weighted by atomic mass is 10.2. The molecule has 0 aliphatic rings. The van der Waals surface area contributed by atoms with E-state index in [4.69, 9.17) is 15.9 Å². The Hall–Kier alpha value is -2.11. The van der Waals surface area contributed by atoms with Gasteiger partial charge in [-0.2, -0.15) is 0 Å². The van der Waals surface area contributed by atoms with Crippen molar-refractivity contribution in [3.05, 3.63) is 34.4 Å². The Kier molecular flexibility index (Phi) is 3.82. The molecule has 0 aliphatic heterocycles. The summed E-state index contributed by atoms with van der Waals surface area (Å²) in [6, 6.07) is 5.68. The Morgan fingerprint density at radius 2 is 2.12 bits per heavy atom. The second kappa shape index (κ2) is 5.11. The fourth-order valence-corrected chi connectivity index (χ4v) is 1.18. The number of benzene rings is 1. The number of rotatable bonds is 5. The van der Waals surface area contributed by atoms with Gasteiger partial charge in [-0.05, 0) is 18.6 Å². The normalized spacial score (nSPS) is 11.8. The fourth-order valence-electron chi connectivity index (χ4n) is 1.18. The average Bonchev–Trinajstić information content (AvgIpc) is 2.26. The van der Waals surface area contributed by atoms with Gasteiger partial charge in [-0.25, -0.2) is 0 Å². The van der Waals surface area contributed by atoms with E-state index in [-0.39, 0.29) is 11.5 Å². The third-order valence-corrected chi connectivity index (χ3v) is 2.04. The van der Waals surface area contributed by atoms with E-state index in [1.807, 2.05) is 6.92 Å². The van der Waals surface area contributed by atoms with E-state index in [0.29, 0.717) is 12.2 Å². The summed E-state index contributed by atoms with van der Waals surface area (Å²) in [5.41, 5.74) is 5.33. The van der Waals surface area contributed by atoms with Gasteiger partial charge in [0.15, 0.2) is 6.10 Å². The summed E-state index contributed by atoms with van der Waals surface area (Å²) >= 11 is 0. The first-order valence-electron chi connectivity index (χ1n) is 4.79. The molecule has 1 aromatic rings. The summed E-state index contributed by atoms with van der Waals surface area (Å²) < 4.78 is 5.39. The number of hydrogen-bond donors (Lipinski definition) is 2. The van der Waals surface area contributed by atoms with Crippen molar-refractivity contribution in [1.29, 1.82) is 5.41 Å². The molecule has 0 fully saturated rings. The highest BCUT2D eigenvalue weighted by molar-refractivity contribution is 5.81. The molecule has 0 heterocycles. The number of nitrogens with zero attached hydrogens (tertiary/aromatic N) is 1. The molecule has 0 saturated heterocycles. The molecule has 16 heavy (non-hydrogen) atoms. The van der Waals surface area contributed by atoms with Crippen LogP contribution in [0, 0.1) is 15.5 Å². The highest BCUT2D eigenvalue weighted by atomic mass is 16.6. The lowest BCUT2D eigenvalue weighted by Crippen LogP contribution is -2.32. The zero-order valence-corrected chi connectivity index (χ0v) is 8.84. The summed E-state index contributed by atoms with van der Waals surface area (Å²) in [7, 11) is 0. The van der Waals surface area contributed by atoms with Crippen LogP contribution in [0.5, 0.6) is 5.75 Å². The lowest BCUT2D eigenvalue weighted by molar-refractivity contribution is -0.384. The topological polar surface area (TPSA) is 102 Å². The zero-order chi connectivity index (χ0) is 12.1. The molecule has 1 rings (SSSR count). The van der Waals surface area contributed by atoms with Crippen LogP contribution < -0.4 is 10.5 Å². The Balaban J connectivity index is 2.75. The summed E-state index contributed by atoms with van der Waals surface area (Å²) in [4.78, 5) is 9.93. The first-order chi connectivity index (χ1) is 7.54. The van der Waals surface area contributed by atoms with Crippen LogP contribution in [0.4, 0.5) is 5.69 Å². The van der Waals surface area contributed by atoms with Crippen LogP contribution in [-0.2, 0) is 0 Å². The van der Waals surface area contributed by atoms with Gasteiger partial charge in [-0.1, -0.05) is 6.92 Å². The predicted octanol–water partition coefficient (Wildman–Crippen LogP) is 1.69. The maximum atomic E-state index is 10.4. The van der Waals surface area contributed by atoms with Gasteiger partial charge >= 0.3 is 0 Å². The molecule has 0 aliphatic carbocycles. The first-order valence-corrected chi connectivity index (χ1v) is 4.79. The third kappa shape index (κ3) is 2.94. The van der Waals surface area contributed by atoms with E-state index < -0.39 is 11.0 Å². The number of nitro benzene ring substituents is 1. The number of hydrogen-bond acceptors (Lipinski definition) is 4. The van der Waals surface area contributed by atoms with Crippen LogP contribution in [0.1, 0.15) is 13.3 Å². The number of ether oxygens (including phenoxy) is 1. The largest absolute Gasteiger partial charge is 0.483 e. The van der Waals surface area contributed by atoms with Crippen LogP contribution in [0.3, 0.4) is 0 Å². The van der Waals surface area contributed by atoms with Crippen molar-refractivity contribution in [2.75, 3.05) is 0 Å². The Morgan fingerprint density at radius 3 is 2.50 bits per heavy atom. The fraction of sp³-hybridized carbons (Fsp3) is 0.300. The van der Waals surface area contributed by atoms with Gasteiger partial charge in [0.05, 0.1) is 4.92 Å². The van der Waals surface area contributed by atoms with Crippen molar-refractivity contribution >= 4 is 11.5 Å². The summed E-state index contributed by atoms with van der Waals surface area (Å²) in [6.07, 6.45) is 0.0910. The molecule has 1 unspecified atom stereocenters. The first kappa shape index (κ1) is 12.0. The highest BCUT2D eigenvalue weighted by Gasteiger charge is 2.12. The van der Waals surface area contributed by atoms with Crippen LogP contribution in [0.2, 0.25) is 0 Å². The quantitative estimate of drug-likeness (QED) is 0.343. The van der Waals surface area contributed by atoms with Crippen molar-refractivity contribution < 1.29 is 9.66 Å². The molecule has 0 radical (unpaired) electrons. The third-order valence-electron chi connectivity index (χ3n) is 2.04. The number of nitrogens with one attached hydrogen (secondary N) is 1. The minimum absolute atomic E-state index is 0.00298. The van der Waals surface area contributed by atoms with Gasteiger partial charge in [0.25, 0.3) is 5.69 Å². The van der Waals surface area contributed by atoms with Crippen molar-refractivity contribution in [2.45, 2.75) is 19.4 Å². The van der Waals surface area contributed by atoms with Gasteiger partial charge in [0, 0.05) is 12.1 Å². The molecule has 86 valence electrons. The van der Waals surface area contributed by atoms with E-state index in [1.165, 1.54) is 24.3 Å². The molecule has 0 bridgehead atoms. The van der Waals surface area contributed by atoms with E-state index in [0.717, 1.165) is 0 Å². The second-order valence-electron chi connectivity index (χ2n) is 3.22. The van der Waals surface area contributed by atoms with Gasteiger partial charge in [-0.3, -0.25) is 15.5 Å². The Labute approximate surface area is 92.7 Å². The predicted molar refractivity (Wildman–Crippen MR) is 59.7 cm³/mol. The molecule has 1 aromatic carbocycles. The SMILES string of the molecule is CCC(Oc1ccc([N+](=O)[O-])cc1)C(=N)N. The van der Waals surface area contributed by atoms with Gasteiger partial charge in [-0.15, -0.1) is 0 Å². The average molecular weight is 223 g/mol. The summed E-state index contributed by atoms with van der Waals surface area (Å²) in [5.74, 6) is 0.411.